The molecule has 4 rings (SSSR count). The van der Waals surface area contributed by atoms with E-state index in [4.69, 9.17) is 25.8 Å². The van der Waals surface area contributed by atoms with Gasteiger partial charge in [0.25, 0.3) is 0 Å². The highest BCUT2D eigenvalue weighted by Crippen LogP contribution is 2.41. The first-order valence-corrected chi connectivity index (χ1v) is 10.9. The van der Waals surface area contributed by atoms with Crippen molar-refractivity contribution in [3.05, 3.63) is 58.7 Å². The molecule has 1 fully saturated rings. The van der Waals surface area contributed by atoms with Crippen molar-refractivity contribution >= 4 is 29.2 Å². The molecule has 0 atom stereocenters. The minimum atomic E-state index is -0.730. The average molecular weight is 470 g/mol. The number of carbonyl (C=O) groups excluding carboxylic acids is 2. The van der Waals surface area contributed by atoms with Crippen LogP contribution in [0, 0.1) is 0 Å². The van der Waals surface area contributed by atoms with Gasteiger partial charge in [0.15, 0.2) is 5.69 Å². The normalized spacial score (nSPS) is 13.2. The fourth-order valence-corrected chi connectivity index (χ4v) is 4.28. The van der Waals surface area contributed by atoms with Crippen molar-refractivity contribution in [3.63, 3.8) is 0 Å². The summed E-state index contributed by atoms with van der Waals surface area (Å²) in [5.41, 5.74) is 2.00. The number of methoxy groups -OCH3 is 3. The number of carbonyl (C=O) groups is 2. The smallest absolute Gasteiger partial charge is 0.357 e. The van der Waals surface area contributed by atoms with Gasteiger partial charge < -0.3 is 19.1 Å². The number of anilines is 1. The summed E-state index contributed by atoms with van der Waals surface area (Å²) in [6.45, 7) is 1.82. The van der Waals surface area contributed by atoms with E-state index in [9.17, 15) is 9.59 Å². The average Bonchev–Trinajstić information content (AvgIpc) is 3.52. The Hall–Kier alpha value is -3.52. The van der Waals surface area contributed by atoms with Gasteiger partial charge in [-0.2, -0.15) is 5.10 Å². The van der Waals surface area contributed by atoms with E-state index in [-0.39, 0.29) is 17.0 Å². The van der Waals surface area contributed by atoms with Crippen LogP contribution in [0.15, 0.2) is 42.5 Å². The quantitative estimate of drug-likeness (QED) is 0.495. The third-order valence-electron chi connectivity index (χ3n) is 5.62. The number of nitrogens with zero attached hydrogens (tertiary/aromatic N) is 3. The van der Waals surface area contributed by atoms with Crippen LogP contribution in [-0.4, -0.2) is 56.1 Å². The summed E-state index contributed by atoms with van der Waals surface area (Å²) in [5, 5.41) is 4.99. The van der Waals surface area contributed by atoms with Crippen molar-refractivity contribution in [2.45, 2.75) is 12.8 Å². The lowest BCUT2D eigenvalue weighted by Crippen LogP contribution is -2.18. The van der Waals surface area contributed by atoms with Crippen molar-refractivity contribution in [1.29, 1.82) is 0 Å². The Kier molecular flexibility index (Phi) is 6.55. The van der Waals surface area contributed by atoms with Gasteiger partial charge in [0.05, 0.1) is 37.7 Å². The van der Waals surface area contributed by atoms with Crippen LogP contribution in [0.2, 0.25) is 5.02 Å². The Labute approximate surface area is 196 Å². The van der Waals surface area contributed by atoms with Gasteiger partial charge in [-0.25, -0.2) is 14.3 Å². The van der Waals surface area contributed by atoms with Crippen molar-refractivity contribution in [1.82, 2.24) is 9.78 Å². The summed E-state index contributed by atoms with van der Waals surface area (Å²) in [7, 11) is 4.06. The molecule has 1 saturated heterocycles. The molecule has 0 N–H and O–H groups in total. The molecule has 0 bridgehead atoms. The van der Waals surface area contributed by atoms with Crippen molar-refractivity contribution < 1.29 is 23.8 Å². The first-order chi connectivity index (χ1) is 16.0. The molecule has 9 heteroatoms. The summed E-state index contributed by atoms with van der Waals surface area (Å²) >= 11 is 6.71. The van der Waals surface area contributed by atoms with Crippen LogP contribution in [0.25, 0.3) is 16.9 Å². The number of rotatable bonds is 6. The lowest BCUT2D eigenvalue weighted by atomic mass is 10.0. The second-order valence-electron chi connectivity index (χ2n) is 7.50. The molecule has 0 unspecified atom stereocenters. The van der Waals surface area contributed by atoms with E-state index in [1.54, 1.807) is 43.5 Å². The third-order valence-corrected chi connectivity index (χ3v) is 5.94. The number of benzene rings is 2. The van der Waals surface area contributed by atoms with E-state index in [0.29, 0.717) is 22.0 Å². The molecule has 33 heavy (non-hydrogen) atoms. The number of hydrogen-bond acceptors (Lipinski definition) is 7. The molecule has 0 aliphatic carbocycles. The maximum Gasteiger partial charge on any atom is 0.357 e. The van der Waals surface area contributed by atoms with Gasteiger partial charge in [0.1, 0.15) is 17.0 Å². The van der Waals surface area contributed by atoms with Gasteiger partial charge in [-0.05, 0) is 37.1 Å². The van der Waals surface area contributed by atoms with Gasteiger partial charge in [-0.3, -0.25) is 0 Å². The predicted octanol–water partition coefficient (Wildman–Crippen LogP) is 4.37. The van der Waals surface area contributed by atoms with Crippen LogP contribution in [0.1, 0.15) is 33.7 Å². The maximum absolute atomic E-state index is 12.9. The van der Waals surface area contributed by atoms with E-state index in [0.717, 1.165) is 31.6 Å². The monoisotopic (exact) mass is 469 g/mol. The van der Waals surface area contributed by atoms with Gasteiger partial charge in [-0.15, -0.1) is 0 Å². The number of halogens is 1. The van der Waals surface area contributed by atoms with E-state index >= 15 is 0 Å². The molecule has 0 amide bonds. The van der Waals surface area contributed by atoms with E-state index in [1.807, 2.05) is 6.07 Å². The molecule has 2 heterocycles. The fraction of sp³-hybridized carbons (Fsp3) is 0.292. The molecule has 2 aromatic carbocycles. The number of esters is 2. The lowest BCUT2D eigenvalue weighted by molar-refractivity contribution is 0.0549. The molecule has 0 spiro atoms. The predicted molar refractivity (Wildman–Crippen MR) is 125 cm³/mol. The SMILES string of the molecule is COC(=O)c1c(-c2cc(OC)c(N3CCCC3)cc2Cl)nn(-c2ccccc2)c1C(=O)OC. The van der Waals surface area contributed by atoms with Crippen molar-refractivity contribution in [2.75, 3.05) is 39.3 Å². The second kappa shape index (κ2) is 9.54. The zero-order valence-corrected chi connectivity index (χ0v) is 19.4. The third kappa shape index (κ3) is 4.14. The topological polar surface area (TPSA) is 82.9 Å². The lowest BCUT2D eigenvalue weighted by Gasteiger charge is -2.22. The number of para-hydroxylation sites is 1. The summed E-state index contributed by atoms with van der Waals surface area (Å²) in [6.07, 6.45) is 2.19. The Balaban J connectivity index is 1.98. The fourth-order valence-electron chi connectivity index (χ4n) is 4.04. The first kappa shape index (κ1) is 22.7. The molecule has 3 aromatic rings. The molecule has 8 nitrogen and oxygen atoms in total. The van der Waals surface area contributed by atoms with Crippen molar-refractivity contribution in [2.24, 2.45) is 0 Å². The zero-order chi connectivity index (χ0) is 23.5. The molecular formula is C24H24ClN3O5. The Morgan fingerprint density at radius 3 is 2.24 bits per heavy atom. The molecule has 0 radical (unpaired) electrons. The Bertz CT molecular complexity index is 1190. The van der Waals surface area contributed by atoms with Crippen LogP contribution in [-0.2, 0) is 9.47 Å². The molecule has 1 aliphatic heterocycles. The highest BCUT2D eigenvalue weighted by molar-refractivity contribution is 6.34. The molecule has 0 saturated carbocycles. The Morgan fingerprint density at radius 1 is 0.970 bits per heavy atom. The second-order valence-corrected chi connectivity index (χ2v) is 7.91. The van der Waals surface area contributed by atoms with E-state index in [2.05, 4.69) is 10.00 Å². The van der Waals surface area contributed by atoms with Crippen LogP contribution < -0.4 is 9.64 Å². The van der Waals surface area contributed by atoms with Crippen LogP contribution >= 0.6 is 11.6 Å². The van der Waals surface area contributed by atoms with Gasteiger partial charge in [-0.1, -0.05) is 29.8 Å². The van der Waals surface area contributed by atoms with Gasteiger partial charge >= 0.3 is 11.9 Å². The van der Waals surface area contributed by atoms with E-state index in [1.165, 1.54) is 18.9 Å². The standard InChI is InChI=1S/C24H24ClN3O5/c1-31-19-13-16(17(25)14-18(19)27-11-7-8-12-27)21-20(23(29)32-2)22(24(30)33-3)28(26-21)15-9-5-4-6-10-15/h4-6,9-10,13-14H,7-8,11-12H2,1-3H3. The minimum absolute atomic E-state index is 0.0360. The van der Waals surface area contributed by atoms with Gasteiger partial charge in [0, 0.05) is 18.7 Å². The van der Waals surface area contributed by atoms with Crippen molar-refractivity contribution in [3.8, 4) is 22.7 Å². The number of aromatic nitrogens is 2. The van der Waals surface area contributed by atoms with Crippen LogP contribution in [0.4, 0.5) is 5.69 Å². The largest absolute Gasteiger partial charge is 0.495 e. The highest BCUT2D eigenvalue weighted by atomic mass is 35.5. The van der Waals surface area contributed by atoms with Crippen LogP contribution in [0.5, 0.6) is 5.75 Å². The summed E-state index contributed by atoms with van der Waals surface area (Å²) in [5.74, 6) is -0.859. The molecule has 1 aromatic heterocycles. The van der Waals surface area contributed by atoms with Crippen LogP contribution in [0.3, 0.4) is 0 Å². The zero-order valence-electron chi connectivity index (χ0n) is 18.6. The first-order valence-electron chi connectivity index (χ1n) is 10.5. The van der Waals surface area contributed by atoms with E-state index < -0.39 is 11.9 Å². The molecule has 1 aliphatic rings. The highest BCUT2D eigenvalue weighted by Gasteiger charge is 2.33. The summed E-state index contributed by atoms with van der Waals surface area (Å²) in [4.78, 5) is 27.9. The number of ether oxygens (including phenoxy) is 3. The summed E-state index contributed by atoms with van der Waals surface area (Å²) in [6, 6.07) is 12.5. The minimum Gasteiger partial charge on any atom is -0.495 e. The maximum atomic E-state index is 12.9. The molecular weight excluding hydrogens is 446 g/mol. The summed E-state index contributed by atoms with van der Waals surface area (Å²) < 4.78 is 17.0. The van der Waals surface area contributed by atoms with Gasteiger partial charge in [0.2, 0.25) is 0 Å². The molecule has 172 valence electrons. The Morgan fingerprint density at radius 2 is 1.64 bits per heavy atom. The number of hydrogen-bond donors (Lipinski definition) is 0.